The fraction of sp³-hybridized carbons (Fsp3) is 0.444. The molecule has 1 nitrogen and oxygen atoms in total. The second kappa shape index (κ2) is 2.29. The molecule has 2 heteroatoms. The third kappa shape index (κ3) is 1.13. The third-order valence-electron chi connectivity index (χ3n) is 2.15. The van der Waals surface area contributed by atoms with Gasteiger partial charge >= 0.3 is 0 Å². The van der Waals surface area contributed by atoms with Crippen molar-refractivity contribution in [2.24, 2.45) is 0 Å². The van der Waals surface area contributed by atoms with Gasteiger partial charge in [0.2, 0.25) is 5.95 Å². The molecule has 0 aromatic carbocycles. The smallest absolute Gasteiger partial charge is 0.216 e. The number of hydrogen-bond acceptors (Lipinski definition) is 1. The fourth-order valence-corrected chi connectivity index (χ4v) is 1.40. The summed E-state index contributed by atoms with van der Waals surface area (Å²) in [6.45, 7) is 1.94. The second-order valence-electron chi connectivity index (χ2n) is 3.11. The van der Waals surface area contributed by atoms with Crippen LogP contribution in [0, 0.1) is 12.9 Å². The molecule has 0 saturated heterocycles. The lowest BCUT2D eigenvalue weighted by atomic mass is 10.1. The van der Waals surface area contributed by atoms with Crippen molar-refractivity contribution in [3.05, 3.63) is 29.3 Å². The summed E-state index contributed by atoms with van der Waals surface area (Å²) < 4.78 is 13.0. The van der Waals surface area contributed by atoms with Crippen molar-refractivity contribution in [2.45, 2.75) is 25.7 Å². The van der Waals surface area contributed by atoms with Crippen LogP contribution in [0.2, 0.25) is 0 Å². The molecule has 1 heterocycles. The van der Waals surface area contributed by atoms with E-state index in [0.717, 1.165) is 24.0 Å². The summed E-state index contributed by atoms with van der Waals surface area (Å²) in [6, 6.07) is 1.87. The molecule has 1 saturated carbocycles. The van der Waals surface area contributed by atoms with Gasteiger partial charge in [-0.3, -0.25) is 0 Å². The normalized spacial score (nSPS) is 16.9. The molecule has 0 aliphatic heterocycles. The minimum absolute atomic E-state index is 0.271. The van der Waals surface area contributed by atoms with Crippen molar-refractivity contribution in [1.29, 1.82) is 0 Å². The summed E-state index contributed by atoms with van der Waals surface area (Å²) >= 11 is 0. The van der Waals surface area contributed by atoms with Crippen LogP contribution in [-0.4, -0.2) is 4.98 Å². The topological polar surface area (TPSA) is 12.9 Å². The van der Waals surface area contributed by atoms with Gasteiger partial charge in [0, 0.05) is 11.8 Å². The van der Waals surface area contributed by atoms with E-state index in [-0.39, 0.29) is 5.95 Å². The van der Waals surface area contributed by atoms with Crippen molar-refractivity contribution >= 4 is 0 Å². The van der Waals surface area contributed by atoms with Gasteiger partial charge in [0.05, 0.1) is 0 Å². The molecule has 1 aromatic rings. The molecule has 1 aliphatic rings. The van der Waals surface area contributed by atoms with Gasteiger partial charge in [0.1, 0.15) is 0 Å². The van der Waals surface area contributed by atoms with Crippen LogP contribution in [0.1, 0.15) is 29.9 Å². The number of halogens is 1. The van der Waals surface area contributed by atoms with Crippen LogP contribution in [0.3, 0.4) is 0 Å². The Labute approximate surface area is 65.3 Å². The Morgan fingerprint density at radius 3 is 2.82 bits per heavy atom. The van der Waals surface area contributed by atoms with E-state index in [1.165, 1.54) is 6.20 Å². The first kappa shape index (κ1) is 6.77. The SMILES string of the molecule is Cc1ccnc(F)c1C1CC1. The highest BCUT2D eigenvalue weighted by Gasteiger charge is 2.28. The largest absolute Gasteiger partial charge is 0.228 e. The molecule has 1 aromatic heterocycles. The number of aromatic nitrogens is 1. The standard InChI is InChI=1S/C9H10FN/c1-6-4-5-11-9(10)8(6)7-2-3-7/h4-5,7H,2-3H2,1H3. The zero-order valence-electron chi connectivity index (χ0n) is 6.47. The number of aryl methyl sites for hydroxylation is 1. The highest BCUT2D eigenvalue weighted by Crippen LogP contribution is 2.42. The lowest BCUT2D eigenvalue weighted by molar-refractivity contribution is 0.565. The van der Waals surface area contributed by atoms with Gasteiger partial charge in [-0.05, 0) is 37.3 Å². The van der Waals surface area contributed by atoms with E-state index >= 15 is 0 Å². The highest BCUT2D eigenvalue weighted by atomic mass is 19.1. The van der Waals surface area contributed by atoms with Gasteiger partial charge in [-0.2, -0.15) is 4.39 Å². The maximum absolute atomic E-state index is 13.0. The molecule has 0 radical (unpaired) electrons. The average molecular weight is 151 g/mol. The lowest BCUT2D eigenvalue weighted by Gasteiger charge is -2.02. The molecular formula is C9H10FN. The van der Waals surface area contributed by atoms with Gasteiger partial charge in [0.15, 0.2) is 0 Å². The van der Waals surface area contributed by atoms with Crippen molar-refractivity contribution in [3.8, 4) is 0 Å². The van der Waals surface area contributed by atoms with Crippen LogP contribution in [0.15, 0.2) is 12.3 Å². The number of rotatable bonds is 1. The number of hydrogen-bond donors (Lipinski definition) is 0. The number of nitrogens with zero attached hydrogens (tertiary/aromatic N) is 1. The van der Waals surface area contributed by atoms with E-state index in [1.807, 2.05) is 13.0 Å². The first-order chi connectivity index (χ1) is 5.29. The minimum atomic E-state index is -0.271. The molecule has 0 amide bonds. The summed E-state index contributed by atoms with van der Waals surface area (Å²) in [6.07, 6.45) is 3.78. The van der Waals surface area contributed by atoms with Gasteiger partial charge in [0.25, 0.3) is 0 Å². The van der Waals surface area contributed by atoms with Crippen molar-refractivity contribution in [3.63, 3.8) is 0 Å². The van der Waals surface area contributed by atoms with E-state index in [2.05, 4.69) is 4.98 Å². The molecule has 0 bridgehead atoms. The molecular weight excluding hydrogens is 141 g/mol. The molecule has 1 fully saturated rings. The third-order valence-corrected chi connectivity index (χ3v) is 2.15. The first-order valence-corrected chi connectivity index (χ1v) is 3.90. The van der Waals surface area contributed by atoms with Gasteiger partial charge in [-0.15, -0.1) is 0 Å². The van der Waals surface area contributed by atoms with E-state index in [1.54, 1.807) is 0 Å². The Balaban J connectivity index is 2.48. The zero-order valence-corrected chi connectivity index (χ0v) is 6.47. The quantitative estimate of drug-likeness (QED) is 0.561. The van der Waals surface area contributed by atoms with Crippen LogP contribution < -0.4 is 0 Å². The summed E-state index contributed by atoms with van der Waals surface area (Å²) in [4.78, 5) is 3.63. The molecule has 0 N–H and O–H groups in total. The number of pyridine rings is 1. The van der Waals surface area contributed by atoms with Gasteiger partial charge in [-0.25, -0.2) is 4.98 Å². The van der Waals surface area contributed by atoms with Gasteiger partial charge < -0.3 is 0 Å². The van der Waals surface area contributed by atoms with Crippen molar-refractivity contribution < 1.29 is 4.39 Å². The summed E-state index contributed by atoms with van der Waals surface area (Å²) in [7, 11) is 0. The van der Waals surface area contributed by atoms with Crippen LogP contribution in [-0.2, 0) is 0 Å². The van der Waals surface area contributed by atoms with E-state index in [9.17, 15) is 4.39 Å². The first-order valence-electron chi connectivity index (χ1n) is 3.90. The summed E-state index contributed by atoms with van der Waals surface area (Å²) in [5, 5.41) is 0. The zero-order chi connectivity index (χ0) is 7.84. The van der Waals surface area contributed by atoms with Crippen LogP contribution in [0.4, 0.5) is 4.39 Å². The van der Waals surface area contributed by atoms with Crippen molar-refractivity contribution in [2.75, 3.05) is 0 Å². The van der Waals surface area contributed by atoms with Crippen LogP contribution in [0.25, 0.3) is 0 Å². The van der Waals surface area contributed by atoms with E-state index < -0.39 is 0 Å². The monoisotopic (exact) mass is 151 g/mol. The Bertz CT molecular complexity index is 259. The predicted molar refractivity (Wildman–Crippen MR) is 40.9 cm³/mol. The molecule has 58 valence electrons. The average Bonchev–Trinajstić information content (AvgIpc) is 2.70. The summed E-state index contributed by atoms with van der Waals surface area (Å²) in [5.41, 5.74) is 1.88. The maximum Gasteiger partial charge on any atom is 0.216 e. The second-order valence-corrected chi connectivity index (χ2v) is 3.11. The van der Waals surface area contributed by atoms with Crippen LogP contribution in [0.5, 0.6) is 0 Å². The molecule has 1 aliphatic carbocycles. The summed E-state index contributed by atoms with van der Waals surface area (Å²) in [5.74, 6) is 0.191. The predicted octanol–water partition coefficient (Wildman–Crippen LogP) is 2.41. The van der Waals surface area contributed by atoms with Crippen molar-refractivity contribution in [1.82, 2.24) is 4.98 Å². The Morgan fingerprint density at radius 2 is 2.27 bits per heavy atom. The minimum Gasteiger partial charge on any atom is -0.228 e. The van der Waals surface area contributed by atoms with Gasteiger partial charge in [-0.1, -0.05) is 0 Å². The maximum atomic E-state index is 13.0. The molecule has 11 heavy (non-hydrogen) atoms. The molecule has 0 spiro atoms. The molecule has 0 atom stereocenters. The lowest BCUT2D eigenvalue weighted by Crippen LogP contribution is -1.94. The fourth-order valence-electron chi connectivity index (χ4n) is 1.40. The molecule has 2 rings (SSSR count). The molecule has 0 unspecified atom stereocenters. The van der Waals surface area contributed by atoms with E-state index in [0.29, 0.717) is 5.92 Å². The van der Waals surface area contributed by atoms with Crippen LogP contribution >= 0.6 is 0 Å². The Kier molecular flexibility index (Phi) is 1.41. The highest BCUT2D eigenvalue weighted by molar-refractivity contribution is 5.29. The Morgan fingerprint density at radius 1 is 1.55 bits per heavy atom. The Hall–Kier alpha value is -0.920. The van der Waals surface area contributed by atoms with E-state index in [4.69, 9.17) is 0 Å².